The molecular formula is C16H30O3. The molecule has 1 unspecified atom stereocenters. The normalized spacial score (nSPS) is 12.9. The Morgan fingerprint density at radius 1 is 1.00 bits per heavy atom. The van der Waals surface area contributed by atoms with Crippen LogP contribution in [0.4, 0.5) is 0 Å². The average molecular weight is 270 g/mol. The number of unbranched alkanes of at least 4 members (excludes halogenated alkanes) is 6. The molecule has 1 atom stereocenters. The predicted molar refractivity (Wildman–Crippen MR) is 79.2 cm³/mol. The van der Waals surface area contributed by atoms with E-state index in [9.17, 15) is 9.90 Å². The van der Waals surface area contributed by atoms with E-state index >= 15 is 0 Å². The van der Waals surface area contributed by atoms with E-state index in [0.717, 1.165) is 12.8 Å². The summed E-state index contributed by atoms with van der Waals surface area (Å²) in [6.07, 6.45) is 14.8. The summed E-state index contributed by atoms with van der Waals surface area (Å²) in [5.41, 5.74) is 0. The number of aliphatic carboxylic acids is 1. The molecule has 0 aromatic rings. The molecule has 0 rings (SSSR count). The van der Waals surface area contributed by atoms with E-state index in [4.69, 9.17) is 5.11 Å². The Morgan fingerprint density at radius 2 is 1.63 bits per heavy atom. The lowest BCUT2D eigenvalue weighted by molar-refractivity contribution is -0.137. The molecule has 0 aromatic carbocycles. The number of aliphatic hydroxyl groups is 1. The molecule has 0 heterocycles. The SMILES string of the molecule is CCCCCCCC/C=C\CCC(O)CCC(=O)O. The molecule has 0 bridgehead atoms. The molecule has 0 aliphatic carbocycles. The Labute approximate surface area is 117 Å². The highest BCUT2D eigenvalue weighted by atomic mass is 16.4. The van der Waals surface area contributed by atoms with Crippen molar-refractivity contribution in [3.8, 4) is 0 Å². The van der Waals surface area contributed by atoms with Crippen LogP contribution in [0.2, 0.25) is 0 Å². The molecule has 0 spiro atoms. The second-order valence-electron chi connectivity index (χ2n) is 5.19. The molecule has 0 fully saturated rings. The van der Waals surface area contributed by atoms with E-state index in [1.54, 1.807) is 0 Å². The van der Waals surface area contributed by atoms with Crippen molar-refractivity contribution in [2.75, 3.05) is 0 Å². The van der Waals surface area contributed by atoms with Crippen LogP contribution in [0.5, 0.6) is 0 Å². The molecule has 3 heteroatoms. The van der Waals surface area contributed by atoms with Gasteiger partial charge in [-0.2, -0.15) is 0 Å². The Kier molecular flexibility index (Phi) is 13.0. The van der Waals surface area contributed by atoms with Crippen LogP contribution in [0, 0.1) is 0 Å². The fourth-order valence-electron chi connectivity index (χ4n) is 2.00. The summed E-state index contributed by atoms with van der Waals surface area (Å²) in [5.74, 6) is -0.835. The van der Waals surface area contributed by atoms with E-state index in [1.807, 2.05) is 0 Å². The third-order valence-corrected chi connectivity index (χ3v) is 3.25. The molecule has 0 saturated carbocycles. The molecule has 19 heavy (non-hydrogen) atoms. The Hall–Kier alpha value is -0.830. The maximum absolute atomic E-state index is 10.3. The zero-order valence-electron chi connectivity index (χ0n) is 12.3. The summed E-state index contributed by atoms with van der Waals surface area (Å²) >= 11 is 0. The molecule has 0 aliphatic rings. The minimum atomic E-state index is -0.835. The largest absolute Gasteiger partial charge is 0.481 e. The minimum absolute atomic E-state index is 0.0582. The van der Waals surface area contributed by atoms with Gasteiger partial charge in [-0.3, -0.25) is 4.79 Å². The topological polar surface area (TPSA) is 57.5 Å². The number of carbonyl (C=O) groups is 1. The van der Waals surface area contributed by atoms with Gasteiger partial charge in [0.15, 0.2) is 0 Å². The fraction of sp³-hybridized carbons (Fsp3) is 0.812. The van der Waals surface area contributed by atoms with Crippen molar-refractivity contribution in [2.45, 2.75) is 83.7 Å². The third kappa shape index (κ3) is 15.1. The number of hydrogen-bond donors (Lipinski definition) is 2. The van der Waals surface area contributed by atoms with Gasteiger partial charge in [0.1, 0.15) is 0 Å². The van der Waals surface area contributed by atoms with Gasteiger partial charge in [-0.15, -0.1) is 0 Å². The molecule has 0 aromatic heterocycles. The molecule has 3 nitrogen and oxygen atoms in total. The van der Waals surface area contributed by atoms with Crippen LogP contribution < -0.4 is 0 Å². The first-order valence-corrected chi connectivity index (χ1v) is 7.71. The van der Waals surface area contributed by atoms with Crippen molar-refractivity contribution >= 4 is 5.97 Å². The lowest BCUT2D eigenvalue weighted by atomic mass is 10.1. The number of carboxylic acids is 1. The summed E-state index contributed by atoms with van der Waals surface area (Å²) < 4.78 is 0. The van der Waals surface area contributed by atoms with Gasteiger partial charge in [-0.1, -0.05) is 51.2 Å². The molecule has 0 radical (unpaired) electrons. The Balaban J connectivity index is 3.26. The average Bonchev–Trinajstić information content (AvgIpc) is 2.38. The molecule has 112 valence electrons. The van der Waals surface area contributed by atoms with Crippen molar-refractivity contribution in [1.29, 1.82) is 0 Å². The summed E-state index contributed by atoms with van der Waals surface area (Å²) in [6.45, 7) is 2.23. The number of rotatable bonds is 13. The predicted octanol–water partition coefficient (Wildman–Crippen LogP) is 4.30. The van der Waals surface area contributed by atoms with Crippen molar-refractivity contribution < 1.29 is 15.0 Å². The zero-order chi connectivity index (χ0) is 14.3. The first-order chi connectivity index (χ1) is 9.16. The molecular weight excluding hydrogens is 240 g/mol. The van der Waals surface area contributed by atoms with Gasteiger partial charge < -0.3 is 10.2 Å². The van der Waals surface area contributed by atoms with E-state index < -0.39 is 12.1 Å². The van der Waals surface area contributed by atoms with E-state index in [0.29, 0.717) is 12.8 Å². The lowest BCUT2D eigenvalue weighted by Crippen LogP contribution is -2.08. The van der Waals surface area contributed by atoms with E-state index in [-0.39, 0.29) is 6.42 Å². The Morgan fingerprint density at radius 3 is 2.32 bits per heavy atom. The molecule has 2 N–H and O–H groups in total. The quantitative estimate of drug-likeness (QED) is 0.387. The number of aliphatic hydroxyl groups excluding tert-OH is 1. The van der Waals surface area contributed by atoms with Crippen LogP contribution in [0.1, 0.15) is 77.6 Å². The van der Waals surface area contributed by atoms with Gasteiger partial charge in [-0.05, 0) is 32.1 Å². The second kappa shape index (κ2) is 13.6. The van der Waals surface area contributed by atoms with Crippen LogP contribution in [-0.2, 0) is 4.79 Å². The first-order valence-electron chi connectivity index (χ1n) is 7.71. The highest BCUT2D eigenvalue weighted by molar-refractivity contribution is 5.66. The van der Waals surface area contributed by atoms with Crippen LogP contribution in [0.15, 0.2) is 12.2 Å². The van der Waals surface area contributed by atoms with Crippen molar-refractivity contribution in [1.82, 2.24) is 0 Å². The van der Waals surface area contributed by atoms with E-state index in [1.165, 1.54) is 38.5 Å². The van der Waals surface area contributed by atoms with Gasteiger partial charge in [0.25, 0.3) is 0 Å². The number of allylic oxidation sites excluding steroid dienone is 2. The highest BCUT2D eigenvalue weighted by Gasteiger charge is 2.05. The van der Waals surface area contributed by atoms with Gasteiger partial charge in [0.2, 0.25) is 0 Å². The van der Waals surface area contributed by atoms with Crippen molar-refractivity contribution in [3.05, 3.63) is 12.2 Å². The van der Waals surface area contributed by atoms with Crippen molar-refractivity contribution in [3.63, 3.8) is 0 Å². The molecule has 0 amide bonds. The maximum Gasteiger partial charge on any atom is 0.303 e. The third-order valence-electron chi connectivity index (χ3n) is 3.25. The number of carboxylic acid groups (broad SMARTS) is 1. The minimum Gasteiger partial charge on any atom is -0.481 e. The second-order valence-corrected chi connectivity index (χ2v) is 5.19. The van der Waals surface area contributed by atoms with Crippen LogP contribution in [-0.4, -0.2) is 22.3 Å². The smallest absolute Gasteiger partial charge is 0.303 e. The van der Waals surface area contributed by atoms with Gasteiger partial charge in [-0.25, -0.2) is 0 Å². The van der Waals surface area contributed by atoms with Gasteiger partial charge in [0, 0.05) is 6.42 Å². The van der Waals surface area contributed by atoms with Gasteiger partial charge >= 0.3 is 5.97 Å². The maximum atomic E-state index is 10.3. The summed E-state index contributed by atoms with van der Waals surface area (Å²) in [5, 5.41) is 18.0. The fourth-order valence-corrected chi connectivity index (χ4v) is 2.00. The summed E-state index contributed by atoms with van der Waals surface area (Å²) in [4.78, 5) is 10.3. The lowest BCUT2D eigenvalue weighted by Gasteiger charge is -2.06. The summed E-state index contributed by atoms with van der Waals surface area (Å²) in [6, 6.07) is 0. The molecule has 0 saturated heterocycles. The molecule has 0 aliphatic heterocycles. The van der Waals surface area contributed by atoms with Crippen molar-refractivity contribution in [2.24, 2.45) is 0 Å². The Bertz CT molecular complexity index is 236. The van der Waals surface area contributed by atoms with Crippen LogP contribution >= 0.6 is 0 Å². The van der Waals surface area contributed by atoms with Gasteiger partial charge in [0.05, 0.1) is 6.10 Å². The highest BCUT2D eigenvalue weighted by Crippen LogP contribution is 2.09. The van der Waals surface area contributed by atoms with Crippen LogP contribution in [0.3, 0.4) is 0 Å². The standard InChI is InChI=1S/C16H30O3/c1-2-3-4-5-6-7-8-9-10-11-12-15(17)13-14-16(18)19/h9-10,15,17H,2-8,11-14H2,1H3,(H,18,19)/b10-9-. The monoisotopic (exact) mass is 270 g/mol. The summed E-state index contributed by atoms with van der Waals surface area (Å²) in [7, 11) is 0. The van der Waals surface area contributed by atoms with E-state index in [2.05, 4.69) is 19.1 Å². The van der Waals surface area contributed by atoms with Crippen LogP contribution in [0.25, 0.3) is 0 Å². The first kappa shape index (κ1) is 18.2. The zero-order valence-corrected chi connectivity index (χ0v) is 12.3. The number of hydrogen-bond acceptors (Lipinski definition) is 2.